The molecular formula is C36H38O8. The van der Waals surface area contributed by atoms with Gasteiger partial charge in [0.25, 0.3) is 0 Å². The average molecular weight is 599 g/mol. The maximum atomic E-state index is 12.1. The number of esters is 2. The molecule has 0 saturated carbocycles. The first-order valence-electron chi connectivity index (χ1n) is 14.4. The Labute approximate surface area is 257 Å². The van der Waals surface area contributed by atoms with Gasteiger partial charge in [0.2, 0.25) is 0 Å². The second kappa shape index (κ2) is 15.2. The molecule has 0 spiro atoms. The Hall–Kier alpha value is -4.66. The standard InChI is InChI=1S/C36H38O8/c1-23-15-29(16-24(2)33(23)41-19-31(37)21-43-35(39)27-11-7-5-8-12-27)30-17-25(3)34(26(4)18-30)42-20-32(38)22-44-36(40)28-13-9-6-10-14-28/h5-18,31-32,37-38H,19-22H2,1-4H3. The second-order valence-electron chi connectivity index (χ2n) is 10.7. The highest BCUT2D eigenvalue weighted by atomic mass is 16.6. The number of rotatable bonds is 13. The monoisotopic (exact) mass is 598 g/mol. The minimum atomic E-state index is -0.978. The molecule has 4 aromatic rings. The Morgan fingerprint density at radius 1 is 0.545 bits per heavy atom. The van der Waals surface area contributed by atoms with Crippen molar-refractivity contribution in [3.8, 4) is 22.6 Å². The van der Waals surface area contributed by atoms with Crippen LogP contribution in [0.3, 0.4) is 0 Å². The summed E-state index contributed by atoms with van der Waals surface area (Å²) in [6, 6.07) is 25.3. The maximum absolute atomic E-state index is 12.1. The van der Waals surface area contributed by atoms with Crippen molar-refractivity contribution < 1.29 is 38.7 Å². The van der Waals surface area contributed by atoms with Crippen LogP contribution in [0.1, 0.15) is 43.0 Å². The topological polar surface area (TPSA) is 112 Å². The summed E-state index contributed by atoms with van der Waals surface area (Å²) >= 11 is 0. The molecule has 0 amide bonds. The molecule has 44 heavy (non-hydrogen) atoms. The lowest BCUT2D eigenvalue weighted by atomic mass is 9.96. The third-order valence-corrected chi connectivity index (χ3v) is 6.93. The highest BCUT2D eigenvalue weighted by molar-refractivity contribution is 5.89. The van der Waals surface area contributed by atoms with E-state index in [2.05, 4.69) is 0 Å². The molecule has 2 unspecified atom stereocenters. The molecule has 0 aliphatic rings. The Morgan fingerprint density at radius 2 is 0.864 bits per heavy atom. The zero-order valence-electron chi connectivity index (χ0n) is 25.4. The molecule has 0 fully saturated rings. The summed E-state index contributed by atoms with van der Waals surface area (Å²) in [5, 5.41) is 20.7. The van der Waals surface area contributed by atoms with Gasteiger partial charge in [-0.2, -0.15) is 0 Å². The first-order valence-corrected chi connectivity index (χ1v) is 14.4. The van der Waals surface area contributed by atoms with Crippen molar-refractivity contribution in [1.29, 1.82) is 0 Å². The van der Waals surface area contributed by atoms with E-state index in [4.69, 9.17) is 18.9 Å². The van der Waals surface area contributed by atoms with Crippen molar-refractivity contribution in [3.63, 3.8) is 0 Å². The number of benzene rings is 4. The van der Waals surface area contributed by atoms with Gasteiger partial charge in [-0.3, -0.25) is 0 Å². The molecule has 4 aromatic carbocycles. The van der Waals surface area contributed by atoms with E-state index in [1.165, 1.54) is 0 Å². The molecule has 0 aliphatic carbocycles. The Balaban J connectivity index is 1.32. The molecule has 4 rings (SSSR count). The second-order valence-corrected chi connectivity index (χ2v) is 10.7. The minimum absolute atomic E-state index is 0.0232. The highest BCUT2D eigenvalue weighted by Crippen LogP contribution is 2.34. The lowest BCUT2D eigenvalue weighted by Crippen LogP contribution is -2.25. The maximum Gasteiger partial charge on any atom is 0.338 e. The van der Waals surface area contributed by atoms with Crippen LogP contribution >= 0.6 is 0 Å². The van der Waals surface area contributed by atoms with E-state index in [9.17, 15) is 19.8 Å². The normalized spacial score (nSPS) is 12.2. The predicted octanol–water partition coefficient (Wildman–Crippen LogP) is 5.78. The molecule has 0 heterocycles. The number of hydrogen-bond donors (Lipinski definition) is 2. The molecule has 0 aromatic heterocycles. The molecule has 0 bridgehead atoms. The van der Waals surface area contributed by atoms with Crippen LogP contribution in [0.5, 0.6) is 11.5 Å². The first kappa shape index (κ1) is 32.3. The van der Waals surface area contributed by atoms with Gasteiger partial charge in [-0.1, -0.05) is 36.4 Å². The van der Waals surface area contributed by atoms with E-state index in [0.29, 0.717) is 22.6 Å². The number of carbonyl (C=O) groups excluding carboxylic acids is 2. The third kappa shape index (κ3) is 8.69. The van der Waals surface area contributed by atoms with Gasteiger partial charge in [-0.25, -0.2) is 9.59 Å². The van der Waals surface area contributed by atoms with Crippen molar-refractivity contribution >= 4 is 11.9 Å². The van der Waals surface area contributed by atoms with E-state index >= 15 is 0 Å². The molecule has 8 heteroatoms. The van der Waals surface area contributed by atoms with Crippen molar-refractivity contribution in [2.24, 2.45) is 0 Å². The van der Waals surface area contributed by atoms with Crippen molar-refractivity contribution in [1.82, 2.24) is 0 Å². The van der Waals surface area contributed by atoms with Crippen LogP contribution in [-0.2, 0) is 9.47 Å². The first-order chi connectivity index (χ1) is 21.1. The number of aryl methyl sites for hydroxylation is 4. The van der Waals surface area contributed by atoms with Gasteiger partial charge in [0, 0.05) is 0 Å². The molecule has 0 radical (unpaired) electrons. The molecule has 0 saturated heterocycles. The predicted molar refractivity (Wildman–Crippen MR) is 167 cm³/mol. The summed E-state index contributed by atoms with van der Waals surface area (Å²) < 4.78 is 22.3. The van der Waals surface area contributed by atoms with Crippen LogP contribution in [-0.4, -0.2) is 60.8 Å². The van der Waals surface area contributed by atoms with Crippen molar-refractivity contribution in [3.05, 3.63) is 118 Å². The fraction of sp³-hybridized carbons (Fsp3) is 0.278. The largest absolute Gasteiger partial charge is 0.490 e. The SMILES string of the molecule is Cc1cc(-c2cc(C)c(OCC(O)COC(=O)c3ccccc3)c(C)c2)cc(C)c1OCC(O)COC(=O)c1ccccc1. The van der Waals surface area contributed by atoms with Crippen LogP contribution in [0.4, 0.5) is 0 Å². The summed E-state index contributed by atoms with van der Waals surface area (Å²) in [5.74, 6) is 0.336. The van der Waals surface area contributed by atoms with Gasteiger partial charge in [-0.05, 0) is 110 Å². The molecule has 2 N–H and O–H groups in total. The Kier molecular flexibility index (Phi) is 11.1. The van der Waals surface area contributed by atoms with Gasteiger partial charge in [0.1, 0.15) is 50.1 Å². The number of carbonyl (C=O) groups is 2. The molecule has 8 nitrogen and oxygen atoms in total. The summed E-state index contributed by atoms with van der Waals surface area (Å²) in [7, 11) is 0. The molecule has 0 aliphatic heterocycles. The van der Waals surface area contributed by atoms with Gasteiger partial charge < -0.3 is 29.2 Å². The number of hydrogen-bond acceptors (Lipinski definition) is 8. The smallest absolute Gasteiger partial charge is 0.338 e. The zero-order valence-corrected chi connectivity index (χ0v) is 25.4. The molecule has 2 atom stereocenters. The van der Waals surface area contributed by atoms with Crippen molar-refractivity contribution in [2.75, 3.05) is 26.4 Å². The average Bonchev–Trinajstić information content (AvgIpc) is 3.02. The summed E-state index contributed by atoms with van der Waals surface area (Å²) in [6.45, 7) is 7.37. The number of ether oxygens (including phenoxy) is 4. The van der Waals surface area contributed by atoms with E-state index in [0.717, 1.165) is 33.4 Å². The van der Waals surface area contributed by atoms with Gasteiger partial charge in [-0.15, -0.1) is 0 Å². The summed E-state index contributed by atoms with van der Waals surface area (Å²) in [4.78, 5) is 24.2. The van der Waals surface area contributed by atoms with Gasteiger partial charge >= 0.3 is 11.9 Å². The van der Waals surface area contributed by atoms with Crippen LogP contribution in [0.25, 0.3) is 11.1 Å². The highest BCUT2D eigenvalue weighted by Gasteiger charge is 2.16. The minimum Gasteiger partial charge on any atom is -0.490 e. The van der Waals surface area contributed by atoms with Crippen LogP contribution in [0.2, 0.25) is 0 Å². The molecule has 230 valence electrons. The fourth-order valence-electron chi connectivity index (χ4n) is 4.80. The van der Waals surface area contributed by atoms with E-state index in [1.54, 1.807) is 48.5 Å². The van der Waals surface area contributed by atoms with E-state index in [-0.39, 0.29) is 26.4 Å². The fourth-order valence-corrected chi connectivity index (χ4v) is 4.80. The lowest BCUT2D eigenvalue weighted by molar-refractivity contribution is 0.0126. The third-order valence-electron chi connectivity index (χ3n) is 6.93. The summed E-state index contributed by atoms with van der Waals surface area (Å²) in [5.41, 5.74) is 6.44. The van der Waals surface area contributed by atoms with Gasteiger partial charge in [0.15, 0.2) is 0 Å². The van der Waals surface area contributed by atoms with E-state index in [1.807, 2.05) is 64.1 Å². The summed E-state index contributed by atoms with van der Waals surface area (Å²) in [6.07, 6.45) is -1.96. The van der Waals surface area contributed by atoms with E-state index < -0.39 is 24.1 Å². The quantitative estimate of drug-likeness (QED) is 0.186. The van der Waals surface area contributed by atoms with Crippen LogP contribution in [0.15, 0.2) is 84.9 Å². The van der Waals surface area contributed by atoms with Gasteiger partial charge in [0.05, 0.1) is 11.1 Å². The zero-order chi connectivity index (χ0) is 31.6. The van der Waals surface area contributed by atoms with Crippen LogP contribution in [0, 0.1) is 27.7 Å². The van der Waals surface area contributed by atoms with Crippen molar-refractivity contribution in [2.45, 2.75) is 39.9 Å². The van der Waals surface area contributed by atoms with Crippen LogP contribution < -0.4 is 9.47 Å². The lowest BCUT2D eigenvalue weighted by Gasteiger charge is -2.19. The number of aliphatic hydroxyl groups is 2. The Morgan fingerprint density at radius 3 is 1.18 bits per heavy atom. The number of aliphatic hydroxyl groups excluding tert-OH is 2. The Bertz CT molecular complexity index is 1400. The molecular weight excluding hydrogens is 560 g/mol.